The van der Waals surface area contributed by atoms with Gasteiger partial charge in [-0.1, -0.05) is 35.9 Å². The topological polar surface area (TPSA) is 32.7 Å². The monoisotopic (exact) mass is 303 g/mol. The van der Waals surface area contributed by atoms with Crippen molar-refractivity contribution in [2.45, 2.75) is 6.10 Å². The van der Waals surface area contributed by atoms with Gasteiger partial charge in [0, 0.05) is 24.7 Å². The van der Waals surface area contributed by atoms with Gasteiger partial charge in [-0.3, -0.25) is 4.90 Å². The molecule has 0 radical (unpaired) electrons. The van der Waals surface area contributed by atoms with Crippen LogP contribution in [-0.4, -0.2) is 49.0 Å². The number of aliphatic hydroxyl groups excluding tert-OH is 1. The van der Waals surface area contributed by atoms with E-state index in [4.69, 9.17) is 16.3 Å². The molecule has 1 aliphatic rings. The molecule has 3 nitrogen and oxygen atoms in total. The summed E-state index contributed by atoms with van der Waals surface area (Å²) in [5.41, 5.74) is 1.04. The molecule has 1 aromatic carbocycles. The molecule has 0 amide bonds. The van der Waals surface area contributed by atoms with E-state index in [9.17, 15) is 5.11 Å². The molecule has 1 aromatic rings. The fourth-order valence-corrected chi connectivity index (χ4v) is 2.03. The summed E-state index contributed by atoms with van der Waals surface area (Å²) in [5.74, 6) is 0. The van der Waals surface area contributed by atoms with E-state index in [1.54, 1.807) is 0 Å². The van der Waals surface area contributed by atoms with Crippen molar-refractivity contribution in [3.05, 3.63) is 40.9 Å². The Morgan fingerprint density at radius 3 is 2.53 bits per heavy atom. The zero-order chi connectivity index (χ0) is 12.8. The number of β-amino-alcohol motifs (C(OH)–C–C–N with tert-alkyl or cyclic N) is 1. The molecule has 19 heavy (non-hydrogen) atoms. The molecule has 0 saturated carbocycles. The van der Waals surface area contributed by atoms with Crippen molar-refractivity contribution in [1.82, 2.24) is 4.90 Å². The first-order chi connectivity index (χ1) is 8.74. The fourth-order valence-electron chi connectivity index (χ4n) is 1.91. The van der Waals surface area contributed by atoms with Crippen LogP contribution >= 0.6 is 24.0 Å². The summed E-state index contributed by atoms with van der Waals surface area (Å²) >= 11 is 5.81. The number of nitrogens with zero attached hydrogens (tertiary/aromatic N) is 1. The van der Waals surface area contributed by atoms with E-state index in [1.165, 1.54) is 0 Å². The molecule has 0 aliphatic carbocycles. The molecule has 5 heteroatoms. The average molecular weight is 304 g/mol. The van der Waals surface area contributed by atoms with Gasteiger partial charge in [0.15, 0.2) is 0 Å². The molecule has 0 spiro atoms. The second kappa shape index (κ2) is 8.56. The van der Waals surface area contributed by atoms with Crippen LogP contribution in [0.5, 0.6) is 0 Å². The number of benzene rings is 1. The summed E-state index contributed by atoms with van der Waals surface area (Å²) in [6.07, 6.45) is 3.29. The van der Waals surface area contributed by atoms with Gasteiger partial charge in [-0.15, -0.1) is 12.4 Å². The third kappa shape index (κ3) is 5.93. The molecule has 1 fully saturated rings. The molecule has 1 atom stereocenters. The number of hydrogen-bond acceptors (Lipinski definition) is 3. The number of aliphatic hydroxyl groups is 1. The minimum absolute atomic E-state index is 0. The molecule has 0 aromatic heterocycles. The van der Waals surface area contributed by atoms with Crippen LogP contribution in [0.1, 0.15) is 5.56 Å². The fraction of sp³-hybridized carbons (Fsp3) is 0.429. The lowest BCUT2D eigenvalue weighted by molar-refractivity contribution is 0.0223. The lowest BCUT2D eigenvalue weighted by atomic mass is 10.2. The van der Waals surface area contributed by atoms with Gasteiger partial charge in [0.2, 0.25) is 0 Å². The lowest BCUT2D eigenvalue weighted by Crippen LogP contribution is -2.40. The molecular formula is C14H19Cl2NO2. The Hall–Kier alpha value is -0.580. The highest BCUT2D eigenvalue weighted by molar-refractivity contribution is 6.30. The molecular weight excluding hydrogens is 285 g/mol. The zero-order valence-electron chi connectivity index (χ0n) is 10.7. The lowest BCUT2D eigenvalue weighted by Gasteiger charge is -2.27. The van der Waals surface area contributed by atoms with E-state index in [0.717, 1.165) is 36.9 Å². The number of ether oxygens (including phenoxy) is 1. The summed E-state index contributed by atoms with van der Waals surface area (Å²) < 4.78 is 5.27. The predicted molar refractivity (Wildman–Crippen MR) is 81.0 cm³/mol. The largest absolute Gasteiger partial charge is 0.388 e. The van der Waals surface area contributed by atoms with Crippen LogP contribution in [0.2, 0.25) is 5.02 Å². The minimum atomic E-state index is -0.446. The smallest absolute Gasteiger partial charge is 0.0851 e. The summed E-state index contributed by atoms with van der Waals surface area (Å²) in [4.78, 5) is 2.21. The maximum absolute atomic E-state index is 9.92. The summed E-state index contributed by atoms with van der Waals surface area (Å²) in [7, 11) is 0. The number of hydrogen-bond donors (Lipinski definition) is 1. The van der Waals surface area contributed by atoms with E-state index in [1.807, 2.05) is 36.4 Å². The Bertz CT molecular complexity index is 389. The van der Waals surface area contributed by atoms with Gasteiger partial charge < -0.3 is 9.84 Å². The van der Waals surface area contributed by atoms with Crippen molar-refractivity contribution in [2.24, 2.45) is 0 Å². The van der Waals surface area contributed by atoms with Crippen molar-refractivity contribution in [3.8, 4) is 0 Å². The predicted octanol–water partition coefficient (Wildman–Crippen LogP) is 2.47. The molecule has 1 unspecified atom stereocenters. The minimum Gasteiger partial charge on any atom is -0.388 e. The molecule has 1 heterocycles. The molecule has 0 bridgehead atoms. The number of rotatable bonds is 4. The maximum Gasteiger partial charge on any atom is 0.0851 e. The van der Waals surface area contributed by atoms with Crippen LogP contribution in [0.3, 0.4) is 0 Å². The van der Waals surface area contributed by atoms with Crippen molar-refractivity contribution in [3.63, 3.8) is 0 Å². The highest BCUT2D eigenvalue weighted by Crippen LogP contribution is 2.11. The van der Waals surface area contributed by atoms with Crippen LogP contribution in [0, 0.1) is 0 Å². The normalized spacial score (nSPS) is 18.2. The molecule has 2 rings (SSSR count). The Balaban J connectivity index is 0.00000180. The first-order valence-corrected chi connectivity index (χ1v) is 6.54. The van der Waals surface area contributed by atoms with Crippen LogP contribution in [-0.2, 0) is 4.74 Å². The average Bonchev–Trinajstić information content (AvgIpc) is 2.39. The Morgan fingerprint density at radius 1 is 1.26 bits per heavy atom. The molecule has 1 aliphatic heterocycles. The van der Waals surface area contributed by atoms with E-state index in [-0.39, 0.29) is 12.4 Å². The second-order valence-electron chi connectivity index (χ2n) is 4.39. The first kappa shape index (κ1) is 16.5. The van der Waals surface area contributed by atoms with Gasteiger partial charge >= 0.3 is 0 Å². The van der Waals surface area contributed by atoms with E-state index >= 15 is 0 Å². The highest BCUT2D eigenvalue weighted by Gasteiger charge is 2.12. The SMILES string of the molecule is Cl.OC(/C=C/c1ccc(Cl)cc1)CN1CCOCC1. The quantitative estimate of drug-likeness (QED) is 0.927. The van der Waals surface area contributed by atoms with Gasteiger partial charge in [-0.05, 0) is 17.7 Å². The van der Waals surface area contributed by atoms with Crippen LogP contribution < -0.4 is 0 Å². The third-order valence-electron chi connectivity index (χ3n) is 2.93. The summed E-state index contributed by atoms with van der Waals surface area (Å²) in [6, 6.07) is 7.55. The van der Waals surface area contributed by atoms with E-state index in [0.29, 0.717) is 6.54 Å². The number of morpholine rings is 1. The van der Waals surface area contributed by atoms with Crippen LogP contribution in [0.4, 0.5) is 0 Å². The van der Waals surface area contributed by atoms with Gasteiger partial charge in [0.05, 0.1) is 19.3 Å². The van der Waals surface area contributed by atoms with Crippen molar-refractivity contribution >= 4 is 30.1 Å². The Morgan fingerprint density at radius 2 is 1.89 bits per heavy atom. The molecule has 106 valence electrons. The van der Waals surface area contributed by atoms with Crippen LogP contribution in [0.15, 0.2) is 30.3 Å². The van der Waals surface area contributed by atoms with Gasteiger partial charge in [0.25, 0.3) is 0 Å². The van der Waals surface area contributed by atoms with Crippen molar-refractivity contribution in [1.29, 1.82) is 0 Å². The standard InChI is InChI=1S/C14H18ClNO2.ClH/c15-13-4-1-12(2-5-13)3-6-14(17)11-16-7-9-18-10-8-16;/h1-6,14,17H,7-11H2;1H/b6-3+;. The van der Waals surface area contributed by atoms with Gasteiger partial charge in [0.1, 0.15) is 0 Å². The summed E-state index contributed by atoms with van der Waals surface area (Å²) in [6.45, 7) is 3.96. The van der Waals surface area contributed by atoms with E-state index < -0.39 is 6.10 Å². The molecule has 1 saturated heterocycles. The highest BCUT2D eigenvalue weighted by atomic mass is 35.5. The maximum atomic E-state index is 9.92. The molecule has 1 N–H and O–H groups in total. The second-order valence-corrected chi connectivity index (χ2v) is 4.83. The summed E-state index contributed by atoms with van der Waals surface area (Å²) in [5, 5.41) is 10.6. The Kier molecular flexibility index (Phi) is 7.42. The third-order valence-corrected chi connectivity index (χ3v) is 3.18. The van der Waals surface area contributed by atoms with Crippen LogP contribution in [0.25, 0.3) is 6.08 Å². The Labute approximate surface area is 125 Å². The van der Waals surface area contributed by atoms with E-state index in [2.05, 4.69) is 4.90 Å². The zero-order valence-corrected chi connectivity index (χ0v) is 12.2. The van der Waals surface area contributed by atoms with Gasteiger partial charge in [-0.25, -0.2) is 0 Å². The number of halogens is 2. The van der Waals surface area contributed by atoms with Crippen molar-refractivity contribution < 1.29 is 9.84 Å². The van der Waals surface area contributed by atoms with Crippen molar-refractivity contribution in [2.75, 3.05) is 32.8 Å². The first-order valence-electron chi connectivity index (χ1n) is 6.16. The van der Waals surface area contributed by atoms with Gasteiger partial charge in [-0.2, -0.15) is 0 Å².